The van der Waals surface area contributed by atoms with Gasteiger partial charge in [-0.25, -0.2) is 0 Å². The van der Waals surface area contributed by atoms with Crippen LogP contribution >= 0.6 is 0 Å². The second-order valence-corrected chi connectivity index (χ2v) is 5.96. The third-order valence-electron chi connectivity index (χ3n) is 4.24. The standard InChI is InChI=1S/C16H18F3NO3/c1-10(11-3-2-4-12(9-11)16(17,18)19)5-8-20-13(21)15(6-7-15)14(22)23/h2-4,9-10H,5-8H2,1H3,(H,20,21)(H,22,23). The van der Waals surface area contributed by atoms with E-state index < -0.39 is 29.0 Å². The number of hydrogen-bond donors (Lipinski definition) is 2. The zero-order chi connectivity index (χ0) is 17.3. The molecule has 0 saturated heterocycles. The quantitative estimate of drug-likeness (QED) is 0.788. The van der Waals surface area contributed by atoms with Gasteiger partial charge in [-0.3, -0.25) is 9.59 Å². The Morgan fingerprint density at radius 3 is 2.52 bits per heavy atom. The molecule has 4 nitrogen and oxygen atoms in total. The molecule has 1 aromatic carbocycles. The molecule has 2 rings (SSSR count). The van der Waals surface area contributed by atoms with Crippen LogP contribution in [0.25, 0.3) is 0 Å². The fourth-order valence-electron chi connectivity index (χ4n) is 2.42. The van der Waals surface area contributed by atoms with E-state index in [1.807, 2.05) is 0 Å². The molecule has 126 valence electrons. The minimum absolute atomic E-state index is 0.183. The topological polar surface area (TPSA) is 66.4 Å². The lowest BCUT2D eigenvalue weighted by Gasteiger charge is -2.16. The van der Waals surface area contributed by atoms with Gasteiger partial charge < -0.3 is 10.4 Å². The van der Waals surface area contributed by atoms with Crippen molar-refractivity contribution in [1.29, 1.82) is 0 Å². The lowest BCUT2D eigenvalue weighted by atomic mass is 9.96. The highest BCUT2D eigenvalue weighted by molar-refractivity contribution is 6.04. The summed E-state index contributed by atoms with van der Waals surface area (Å²) in [6.07, 6.45) is -3.29. The number of carbonyl (C=O) groups is 2. The maximum atomic E-state index is 12.7. The first-order chi connectivity index (χ1) is 10.7. The van der Waals surface area contributed by atoms with Crippen LogP contribution in [-0.2, 0) is 15.8 Å². The lowest BCUT2D eigenvalue weighted by Crippen LogP contribution is -2.37. The molecule has 0 aliphatic heterocycles. The summed E-state index contributed by atoms with van der Waals surface area (Å²) in [4.78, 5) is 22.8. The fraction of sp³-hybridized carbons (Fsp3) is 0.500. The number of alkyl halides is 3. The highest BCUT2D eigenvalue weighted by atomic mass is 19.4. The van der Waals surface area contributed by atoms with Gasteiger partial charge in [0.05, 0.1) is 5.56 Å². The number of benzene rings is 1. The van der Waals surface area contributed by atoms with E-state index in [-0.39, 0.29) is 12.5 Å². The van der Waals surface area contributed by atoms with Crippen LogP contribution in [0.2, 0.25) is 0 Å². The number of carbonyl (C=O) groups excluding carboxylic acids is 1. The number of nitrogens with one attached hydrogen (secondary N) is 1. The van der Waals surface area contributed by atoms with E-state index in [2.05, 4.69) is 5.32 Å². The van der Waals surface area contributed by atoms with Gasteiger partial charge in [0.25, 0.3) is 0 Å². The highest BCUT2D eigenvalue weighted by Crippen LogP contribution is 2.46. The largest absolute Gasteiger partial charge is 0.480 e. The Hall–Kier alpha value is -2.05. The minimum Gasteiger partial charge on any atom is -0.480 e. The zero-order valence-electron chi connectivity index (χ0n) is 12.6. The van der Waals surface area contributed by atoms with Crippen LogP contribution < -0.4 is 5.32 Å². The molecule has 1 aromatic rings. The van der Waals surface area contributed by atoms with E-state index in [0.29, 0.717) is 24.8 Å². The van der Waals surface area contributed by atoms with Crippen molar-refractivity contribution in [1.82, 2.24) is 5.32 Å². The predicted molar refractivity (Wildman–Crippen MR) is 76.8 cm³/mol. The number of halogens is 3. The number of carboxylic acid groups (broad SMARTS) is 1. The smallest absolute Gasteiger partial charge is 0.416 e. The summed E-state index contributed by atoms with van der Waals surface area (Å²) in [7, 11) is 0. The summed E-state index contributed by atoms with van der Waals surface area (Å²) in [5.74, 6) is -1.82. The fourth-order valence-corrected chi connectivity index (χ4v) is 2.42. The van der Waals surface area contributed by atoms with Gasteiger partial charge in [-0.15, -0.1) is 0 Å². The molecule has 0 spiro atoms. The normalized spacial score (nSPS) is 17.4. The molecule has 0 heterocycles. The van der Waals surface area contributed by atoms with E-state index >= 15 is 0 Å². The van der Waals surface area contributed by atoms with Crippen LogP contribution in [-0.4, -0.2) is 23.5 Å². The van der Waals surface area contributed by atoms with Gasteiger partial charge >= 0.3 is 12.1 Å². The van der Waals surface area contributed by atoms with E-state index in [1.165, 1.54) is 6.07 Å². The van der Waals surface area contributed by atoms with Crippen molar-refractivity contribution in [3.05, 3.63) is 35.4 Å². The Morgan fingerprint density at radius 2 is 2.00 bits per heavy atom. The molecule has 1 atom stereocenters. The van der Waals surface area contributed by atoms with Crippen LogP contribution in [0.5, 0.6) is 0 Å². The Bertz CT molecular complexity index is 609. The minimum atomic E-state index is -4.39. The Labute approximate surface area is 131 Å². The van der Waals surface area contributed by atoms with Crippen molar-refractivity contribution >= 4 is 11.9 Å². The molecular formula is C16H18F3NO3. The molecule has 1 aliphatic carbocycles. The molecule has 2 N–H and O–H groups in total. The molecular weight excluding hydrogens is 311 g/mol. The zero-order valence-corrected chi connectivity index (χ0v) is 12.6. The first kappa shape index (κ1) is 17.3. The van der Waals surface area contributed by atoms with Crippen LogP contribution in [0.3, 0.4) is 0 Å². The maximum absolute atomic E-state index is 12.7. The van der Waals surface area contributed by atoms with E-state index in [0.717, 1.165) is 12.1 Å². The molecule has 0 bridgehead atoms. The van der Waals surface area contributed by atoms with Crippen molar-refractivity contribution in [2.24, 2.45) is 5.41 Å². The average Bonchev–Trinajstić information content (AvgIpc) is 3.28. The summed E-state index contributed by atoms with van der Waals surface area (Å²) >= 11 is 0. The predicted octanol–water partition coefficient (Wildman–Crippen LogP) is 3.18. The lowest BCUT2D eigenvalue weighted by molar-refractivity contribution is -0.149. The third kappa shape index (κ3) is 3.83. The van der Waals surface area contributed by atoms with Crippen molar-refractivity contribution in [2.75, 3.05) is 6.54 Å². The highest BCUT2D eigenvalue weighted by Gasteiger charge is 2.56. The summed E-state index contributed by atoms with van der Waals surface area (Å²) in [6.45, 7) is 2.00. The number of rotatable bonds is 6. The second kappa shape index (κ2) is 6.22. The van der Waals surface area contributed by atoms with Gasteiger partial charge in [0, 0.05) is 6.54 Å². The molecule has 1 amide bonds. The number of aliphatic carboxylic acids is 1. The molecule has 7 heteroatoms. The van der Waals surface area contributed by atoms with Crippen LogP contribution in [0.15, 0.2) is 24.3 Å². The molecule has 0 aromatic heterocycles. The number of carboxylic acids is 1. The Kier molecular flexibility index (Phi) is 4.68. The van der Waals surface area contributed by atoms with Crippen LogP contribution in [0.4, 0.5) is 13.2 Å². The SMILES string of the molecule is CC(CCNC(=O)C1(C(=O)O)CC1)c1cccc(C(F)(F)F)c1. The van der Waals surface area contributed by atoms with Crippen LogP contribution in [0, 0.1) is 5.41 Å². The van der Waals surface area contributed by atoms with Gasteiger partial charge in [0.15, 0.2) is 0 Å². The van der Waals surface area contributed by atoms with Crippen molar-refractivity contribution in [2.45, 2.75) is 38.3 Å². The van der Waals surface area contributed by atoms with Gasteiger partial charge in [-0.2, -0.15) is 13.2 Å². The van der Waals surface area contributed by atoms with Crippen LogP contribution in [0.1, 0.15) is 43.2 Å². The summed E-state index contributed by atoms with van der Waals surface area (Å²) in [5.41, 5.74) is -1.46. The number of amides is 1. The molecule has 23 heavy (non-hydrogen) atoms. The van der Waals surface area contributed by atoms with Gasteiger partial charge in [-0.05, 0) is 36.8 Å². The second-order valence-electron chi connectivity index (χ2n) is 5.96. The van der Waals surface area contributed by atoms with Crippen molar-refractivity contribution in [3.63, 3.8) is 0 Å². The Morgan fingerprint density at radius 1 is 1.35 bits per heavy atom. The summed E-state index contributed by atoms with van der Waals surface area (Å²) in [6, 6.07) is 5.09. The summed E-state index contributed by atoms with van der Waals surface area (Å²) < 4.78 is 38.1. The van der Waals surface area contributed by atoms with Gasteiger partial charge in [-0.1, -0.05) is 25.1 Å². The first-order valence-corrected chi connectivity index (χ1v) is 7.36. The van der Waals surface area contributed by atoms with Gasteiger partial charge in [0.2, 0.25) is 5.91 Å². The Balaban J connectivity index is 1.89. The molecule has 1 saturated carbocycles. The number of hydrogen-bond acceptors (Lipinski definition) is 2. The monoisotopic (exact) mass is 329 g/mol. The first-order valence-electron chi connectivity index (χ1n) is 7.36. The molecule has 1 aliphatic rings. The van der Waals surface area contributed by atoms with Crippen molar-refractivity contribution in [3.8, 4) is 0 Å². The summed E-state index contributed by atoms with van der Waals surface area (Å²) in [5, 5.41) is 11.6. The molecule has 1 fully saturated rings. The molecule has 0 radical (unpaired) electrons. The van der Waals surface area contributed by atoms with Crippen molar-refractivity contribution < 1.29 is 27.9 Å². The van der Waals surface area contributed by atoms with Gasteiger partial charge in [0.1, 0.15) is 5.41 Å². The van der Waals surface area contributed by atoms with E-state index in [1.54, 1.807) is 13.0 Å². The van der Waals surface area contributed by atoms with E-state index in [9.17, 15) is 22.8 Å². The maximum Gasteiger partial charge on any atom is 0.416 e. The molecule has 1 unspecified atom stereocenters. The van der Waals surface area contributed by atoms with E-state index in [4.69, 9.17) is 5.11 Å². The third-order valence-corrected chi connectivity index (χ3v) is 4.24. The average molecular weight is 329 g/mol.